The van der Waals surface area contributed by atoms with Gasteiger partial charge >= 0.3 is 3.18 Å². The number of nitrogens with one attached hydrogen (secondary N) is 3. The van der Waals surface area contributed by atoms with Crippen LogP contribution in [0, 0.1) is 17.8 Å². The second-order valence-electron chi connectivity index (χ2n) is 38.8. The minimum Gasteiger partial charge on any atom is -0.504 e. The monoisotopic (exact) mass is 2280 g/mol. The standard InChI is InChI=1S/C30H34N2O4.C26H32N2O3.C26H30N2O3.C25H30N2O3.C5H4O2.CHCl3.CH2Cl2.BBr3/c1-3-31(4-2)30(34)20-8-11-24-27(16-20)36-29-25(6-5-7-26(29)33)28(24)21-14-22-9-10-23(15-21)32(22)17-19-12-13-35-18-19;2*1-4-28(5-2)26(29)16-9-12-20-23(15-16)31-25-21(7-6-8-22(25)30-3)24(20)17-13-18-10-11-19(14-17)27-18;1-3-27(4-2)25(29)15-8-11-19-22(14-15)30-24-20(6-5-7-21(24)28)23(19)16-12-17-9-10-18(13-16)26-17;6-3-5-1-2-7-4-5;2-1(3)4;2-1-3;2-1(3)4/h5-8,11-13,16,18,21-23,28,33H,3-4,9-10,14-15,17H2,1-2H3;6-9,12,15,17-19,24,27H,4-5,10-11,13-14H2,1-3H3;6-9,12,15,18-19,27H,4-5,10-11,13-14H2,1-3H3;5-8,11,14,16-18,23,26,28H,3-4,9-10,12-13H2,1-2H3;1-4H;1H;1H2;. The average molecular weight is 2280 g/mol. The summed E-state index contributed by atoms with van der Waals surface area (Å²) in [6, 6.07) is 55.7. The van der Waals surface area contributed by atoms with Gasteiger partial charge in [-0.05, 0) is 272 Å². The van der Waals surface area contributed by atoms with Gasteiger partial charge in [0.2, 0.25) is 0 Å². The maximum Gasteiger partial charge on any atom is 0.369 e. The molecule has 12 aliphatic heterocycles. The van der Waals surface area contributed by atoms with Crippen molar-refractivity contribution in [2.75, 3.05) is 71.9 Å². The van der Waals surface area contributed by atoms with Gasteiger partial charge in [0.15, 0.2) is 56.6 Å². The number of para-hydroxylation sites is 4. The molecule has 11 unspecified atom stereocenters. The maximum absolute atomic E-state index is 13.1. The van der Waals surface area contributed by atoms with E-state index in [2.05, 4.69) is 133 Å². The predicted octanol–water partition coefficient (Wildman–Crippen LogP) is 27.4. The number of furan rings is 2. The first-order valence-electron chi connectivity index (χ1n) is 51.4. The van der Waals surface area contributed by atoms with E-state index in [4.69, 9.17) is 90.8 Å². The molecule has 0 saturated carbocycles. The van der Waals surface area contributed by atoms with Gasteiger partial charge in [0.1, 0.15) is 29.3 Å². The highest BCUT2D eigenvalue weighted by Gasteiger charge is 2.49. The molecule has 4 amide bonds. The van der Waals surface area contributed by atoms with Gasteiger partial charge in [0, 0.05) is 197 Å². The molecule has 0 radical (unpaired) electrons. The second kappa shape index (κ2) is 52.0. The van der Waals surface area contributed by atoms with E-state index in [-0.39, 0.29) is 61.4 Å². The molecular weight excluding hydrogens is 2150 g/mol. The number of aromatic hydroxyl groups is 2. The predicted molar refractivity (Wildman–Crippen MR) is 592 cm³/mol. The van der Waals surface area contributed by atoms with E-state index in [1.807, 2.05) is 160 Å². The molecule has 32 heteroatoms. The summed E-state index contributed by atoms with van der Waals surface area (Å²) in [6.07, 6.45) is 26.1. The van der Waals surface area contributed by atoms with Crippen LogP contribution in [0.1, 0.15) is 278 Å². The molecule has 23 nitrogen and oxygen atoms in total. The Bertz CT molecular complexity index is 6110. The smallest absolute Gasteiger partial charge is 0.369 e. The van der Waals surface area contributed by atoms with Crippen molar-refractivity contribution in [3.05, 3.63) is 266 Å². The van der Waals surface area contributed by atoms with Crippen LogP contribution in [-0.4, -0.2) is 192 Å². The number of methoxy groups -OCH3 is 2. The molecule has 5 N–H and O–H groups in total. The summed E-state index contributed by atoms with van der Waals surface area (Å²) in [5, 5.41) is 32.7. The number of fused-ring (bicyclic) bond motifs is 16. The van der Waals surface area contributed by atoms with Crippen LogP contribution in [-0.2, 0) is 6.54 Å². The minimum absolute atomic E-state index is 0.0108. The van der Waals surface area contributed by atoms with E-state index in [0.717, 1.165) is 119 Å². The Morgan fingerprint density at radius 1 is 0.432 bits per heavy atom. The Morgan fingerprint density at radius 2 is 0.774 bits per heavy atom. The second-order valence-corrected chi connectivity index (χ2v) is 48.0. The van der Waals surface area contributed by atoms with Gasteiger partial charge in [0.05, 0.1) is 43.9 Å². The number of carbonyl (C=O) groups excluding carboxylic acids is 5. The molecule has 0 spiro atoms. The molecule has 8 aromatic carbocycles. The number of aldehydes is 1. The first-order chi connectivity index (χ1) is 70.7. The van der Waals surface area contributed by atoms with Crippen molar-refractivity contribution in [3.8, 4) is 69.0 Å². The van der Waals surface area contributed by atoms with Gasteiger partial charge in [-0.2, -0.15) is 0 Å². The lowest BCUT2D eigenvalue weighted by atomic mass is 9.72. The zero-order valence-corrected chi connectivity index (χ0v) is 93.0. The molecule has 22 rings (SSSR count). The van der Waals surface area contributed by atoms with Crippen molar-refractivity contribution in [3.63, 3.8) is 0 Å². The topological polar surface area (TPSA) is 260 Å². The molecule has 146 heavy (non-hydrogen) atoms. The van der Waals surface area contributed by atoms with Crippen LogP contribution in [0.15, 0.2) is 197 Å². The fraction of sp³-hybridized carbons (Fsp3) is 0.447. The Balaban J connectivity index is 0.000000138. The zero-order chi connectivity index (χ0) is 104. The summed E-state index contributed by atoms with van der Waals surface area (Å²) in [5.74, 6) is 9.56. The van der Waals surface area contributed by atoms with E-state index >= 15 is 0 Å². The number of nitrogens with zero attached hydrogens (tertiary/aromatic N) is 5. The number of alkyl halides is 5. The summed E-state index contributed by atoms with van der Waals surface area (Å²) in [7, 11) is 3.36. The van der Waals surface area contributed by atoms with Gasteiger partial charge in [-0.25, -0.2) is 0 Å². The van der Waals surface area contributed by atoms with Crippen LogP contribution in [0.4, 0.5) is 0 Å². The fourth-order valence-corrected chi connectivity index (χ4v) is 24.2. The maximum atomic E-state index is 13.1. The summed E-state index contributed by atoms with van der Waals surface area (Å²) in [5.41, 5.74) is 16.1. The van der Waals surface area contributed by atoms with E-state index in [9.17, 15) is 34.2 Å². The number of phenolic OH excluding ortho intramolecular Hbond substituents is 2. The minimum atomic E-state index is -0.750. The number of phenols is 2. The van der Waals surface area contributed by atoms with Crippen LogP contribution in [0.5, 0.6) is 69.0 Å². The van der Waals surface area contributed by atoms with E-state index in [1.54, 1.807) is 38.7 Å². The first-order valence-corrected chi connectivity index (χ1v) is 56.5. The highest BCUT2D eigenvalue weighted by atomic mass is 79.9. The number of benzene rings is 8. The third-order valence-electron chi connectivity index (χ3n) is 30.7. The molecular formula is C114H133BBr3Cl5N8O15. The van der Waals surface area contributed by atoms with Gasteiger partial charge < -0.3 is 83.0 Å². The summed E-state index contributed by atoms with van der Waals surface area (Å²) >= 11 is 33.3. The number of hydrogen-bond acceptors (Lipinski definition) is 19. The van der Waals surface area contributed by atoms with Crippen LogP contribution in [0.25, 0.3) is 5.57 Å². The van der Waals surface area contributed by atoms with Crippen molar-refractivity contribution >= 4 is 144 Å². The molecule has 2 aromatic heterocycles. The molecule has 8 fully saturated rings. The molecule has 0 aliphatic carbocycles. The average Bonchev–Trinajstić information content (AvgIpc) is 1.23. The zero-order valence-electron chi connectivity index (χ0n) is 84.5. The van der Waals surface area contributed by atoms with E-state index < -0.39 is 4.30 Å². The van der Waals surface area contributed by atoms with Gasteiger partial charge in [0.25, 0.3) is 23.6 Å². The van der Waals surface area contributed by atoms with Gasteiger partial charge in [-0.15, -0.1) is 70.5 Å². The molecule has 11 atom stereocenters. The molecule has 778 valence electrons. The molecule has 8 bridgehead atoms. The summed E-state index contributed by atoms with van der Waals surface area (Å²) in [4.78, 5) is 71.7. The number of halogens is 8. The number of amides is 4. The van der Waals surface area contributed by atoms with Crippen molar-refractivity contribution in [2.45, 2.75) is 235 Å². The number of ether oxygens (including phenoxy) is 6. The van der Waals surface area contributed by atoms with Crippen molar-refractivity contribution in [2.24, 2.45) is 17.8 Å². The van der Waals surface area contributed by atoms with Gasteiger partial charge in [-0.3, -0.25) is 28.9 Å². The third kappa shape index (κ3) is 25.6. The lowest BCUT2D eigenvalue weighted by Crippen LogP contribution is -2.43. The van der Waals surface area contributed by atoms with Crippen molar-refractivity contribution in [1.29, 1.82) is 0 Å². The third-order valence-corrected chi connectivity index (χ3v) is 30.7. The number of hydrogen-bond donors (Lipinski definition) is 5. The van der Waals surface area contributed by atoms with Crippen LogP contribution >= 0.6 is 105 Å². The quantitative estimate of drug-likeness (QED) is 0.0270. The first kappa shape index (κ1) is 111. The molecule has 14 heterocycles. The molecule has 10 aromatic rings. The highest BCUT2D eigenvalue weighted by molar-refractivity contribution is 9.69. The van der Waals surface area contributed by atoms with E-state index in [0.29, 0.717) is 169 Å². The van der Waals surface area contributed by atoms with Crippen LogP contribution in [0.3, 0.4) is 0 Å². The largest absolute Gasteiger partial charge is 0.504 e. The van der Waals surface area contributed by atoms with Crippen LogP contribution in [0.2, 0.25) is 0 Å². The fourth-order valence-electron chi connectivity index (χ4n) is 24.2. The van der Waals surface area contributed by atoms with Crippen LogP contribution < -0.4 is 44.4 Å². The number of piperidine rings is 4. The van der Waals surface area contributed by atoms with Gasteiger partial charge in [-0.1, -0.05) is 107 Å². The Kier molecular flexibility index (Phi) is 39.5. The Morgan fingerprint density at radius 3 is 1.15 bits per heavy atom. The lowest BCUT2D eigenvalue weighted by molar-refractivity contribution is 0.0764. The van der Waals surface area contributed by atoms with Crippen molar-refractivity contribution < 1.29 is 71.4 Å². The Labute approximate surface area is 908 Å². The van der Waals surface area contributed by atoms with E-state index in [1.165, 1.54) is 105 Å². The Hall–Kier alpha value is -9.20. The molecule has 8 saturated heterocycles. The van der Waals surface area contributed by atoms with Crippen molar-refractivity contribution in [1.82, 2.24) is 40.4 Å². The normalized spacial score (nSPS) is 22.5. The lowest BCUT2D eigenvalue weighted by Gasteiger charge is -2.43. The molecule has 12 aliphatic rings. The SMILES string of the molecule is BrB(Br)Br.CCN(CC)C(=O)c1ccc2c(c1)Oc1c(O)cccc1C2C1CC2CCC(C1)N2.CCN(CC)C(=O)c1ccc2c(c1)Oc1c(O)cccc1C2C1CC2CCC(C1)N2Cc1ccoc1.CCN(CC)C(=O)c1ccc2c(c1)Oc1c(OC)cccc1C2=C1CC2CCC(C1)N2.CCN(CC)C(=O)c1ccc2c(c1)Oc1c(OC)cccc1C2C1CC2CCC(C1)N2.ClC(Cl)Cl.ClCCl.O=Cc1ccoc1. The summed E-state index contributed by atoms with van der Waals surface area (Å²) < 4.78 is 46.0. The number of carbonyl (C=O) groups is 5. The summed E-state index contributed by atoms with van der Waals surface area (Å²) in [6.45, 7) is 22.4. The number of rotatable bonds is 20. The highest BCUT2D eigenvalue weighted by Crippen LogP contribution is 2.60.